The van der Waals surface area contributed by atoms with E-state index in [1.54, 1.807) is 6.08 Å². The first-order chi connectivity index (χ1) is 26.0. The smallest absolute Gasteiger partial charge is 0.222 e. The summed E-state index contributed by atoms with van der Waals surface area (Å²) >= 11 is 0. The number of hydrogen-bond donors (Lipinski definition) is 4. The van der Waals surface area contributed by atoms with Gasteiger partial charge in [-0.3, -0.25) is 4.79 Å². The number of carbonyl (C=O) groups is 1. The molecule has 0 aliphatic carbocycles. The fourth-order valence-electron chi connectivity index (χ4n) is 7.06. The molecule has 0 aromatic carbocycles. The van der Waals surface area contributed by atoms with Gasteiger partial charge in [0.05, 0.1) is 31.3 Å². The highest BCUT2D eigenvalue weighted by molar-refractivity contribution is 5.76. The molecule has 0 saturated heterocycles. The van der Waals surface area contributed by atoms with Crippen molar-refractivity contribution in [3.05, 3.63) is 36.5 Å². The summed E-state index contributed by atoms with van der Waals surface area (Å²) in [5, 5.41) is 33.2. The predicted octanol–water partition coefficient (Wildman–Crippen LogP) is 13.5. The van der Waals surface area contributed by atoms with Crippen LogP contribution in [0.4, 0.5) is 0 Å². The second kappa shape index (κ2) is 43.3. The van der Waals surface area contributed by atoms with Crippen molar-refractivity contribution in [1.82, 2.24) is 5.32 Å². The second-order valence-corrected chi connectivity index (χ2v) is 16.0. The molecule has 1 amide bonds. The Bertz CT molecular complexity index is 824. The molecule has 312 valence electrons. The van der Waals surface area contributed by atoms with Crippen molar-refractivity contribution in [3.8, 4) is 0 Å². The van der Waals surface area contributed by atoms with Gasteiger partial charge in [0.15, 0.2) is 0 Å². The van der Waals surface area contributed by atoms with Crippen LogP contribution >= 0.6 is 0 Å². The molecule has 0 fully saturated rings. The van der Waals surface area contributed by atoms with Crippen LogP contribution in [0, 0.1) is 0 Å². The number of aliphatic hydroxyl groups is 3. The summed E-state index contributed by atoms with van der Waals surface area (Å²) in [5.41, 5.74) is 0. The van der Waals surface area contributed by atoms with Crippen LogP contribution in [0.3, 0.4) is 0 Å². The maximum Gasteiger partial charge on any atom is 0.222 e. The SMILES string of the molecule is CCCCCCCCCCC/C=C\CCCCCC(O)CC(=O)NC(CO)C(O)/C=C/CC/C=C/CCCCCCCCCCCCCCCCCC. The van der Waals surface area contributed by atoms with Crippen molar-refractivity contribution in [1.29, 1.82) is 0 Å². The molecule has 0 aromatic rings. The summed E-state index contributed by atoms with van der Waals surface area (Å²) in [6.07, 6.45) is 54.4. The number of rotatable bonds is 42. The van der Waals surface area contributed by atoms with Crippen molar-refractivity contribution in [2.45, 2.75) is 257 Å². The van der Waals surface area contributed by atoms with Gasteiger partial charge in [-0.1, -0.05) is 211 Å². The summed E-state index contributed by atoms with van der Waals surface area (Å²) in [4.78, 5) is 12.4. The summed E-state index contributed by atoms with van der Waals surface area (Å²) in [6.45, 7) is 4.21. The molecule has 0 rings (SSSR count). The Hall–Kier alpha value is -1.43. The van der Waals surface area contributed by atoms with Crippen LogP contribution in [0.15, 0.2) is 36.5 Å². The Kier molecular flexibility index (Phi) is 42.1. The molecule has 0 aromatic heterocycles. The molecular weight excluding hydrogens is 655 g/mol. The minimum absolute atomic E-state index is 0.00419. The lowest BCUT2D eigenvalue weighted by molar-refractivity contribution is -0.124. The normalized spacial score (nSPS) is 13.8. The van der Waals surface area contributed by atoms with Gasteiger partial charge in [0.2, 0.25) is 5.91 Å². The van der Waals surface area contributed by atoms with E-state index in [2.05, 4.69) is 43.5 Å². The fraction of sp³-hybridized carbons (Fsp3) is 0.854. The Morgan fingerprint density at radius 3 is 1.21 bits per heavy atom. The molecule has 0 spiro atoms. The average molecular weight is 746 g/mol. The minimum Gasteiger partial charge on any atom is -0.394 e. The number of aliphatic hydroxyl groups excluding tert-OH is 3. The summed E-state index contributed by atoms with van der Waals surface area (Å²) < 4.78 is 0. The number of hydrogen-bond acceptors (Lipinski definition) is 4. The van der Waals surface area contributed by atoms with E-state index in [9.17, 15) is 20.1 Å². The van der Waals surface area contributed by atoms with E-state index >= 15 is 0 Å². The molecule has 5 heteroatoms. The lowest BCUT2D eigenvalue weighted by Gasteiger charge is -2.20. The minimum atomic E-state index is -0.955. The highest BCUT2D eigenvalue weighted by Crippen LogP contribution is 2.15. The van der Waals surface area contributed by atoms with Gasteiger partial charge in [-0.05, 0) is 57.8 Å². The van der Waals surface area contributed by atoms with Crippen molar-refractivity contribution < 1.29 is 20.1 Å². The third-order valence-corrected chi connectivity index (χ3v) is 10.6. The van der Waals surface area contributed by atoms with Crippen LogP contribution in [0.25, 0.3) is 0 Å². The Morgan fingerprint density at radius 2 is 0.811 bits per heavy atom. The van der Waals surface area contributed by atoms with Crippen molar-refractivity contribution in [3.63, 3.8) is 0 Å². The molecule has 0 saturated carbocycles. The Labute approximate surface area is 330 Å². The number of nitrogens with one attached hydrogen (secondary N) is 1. The average Bonchev–Trinajstić information content (AvgIpc) is 3.15. The van der Waals surface area contributed by atoms with Gasteiger partial charge in [0, 0.05) is 0 Å². The van der Waals surface area contributed by atoms with Crippen LogP contribution in [0.1, 0.15) is 239 Å². The zero-order valence-electron chi connectivity index (χ0n) is 35.4. The number of carbonyl (C=O) groups excluding carboxylic acids is 1. The summed E-state index contributed by atoms with van der Waals surface area (Å²) in [6, 6.07) is -0.765. The predicted molar refractivity (Wildman–Crippen MR) is 231 cm³/mol. The number of amides is 1. The van der Waals surface area contributed by atoms with Crippen molar-refractivity contribution in [2.24, 2.45) is 0 Å². The van der Waals surface area contributed by atoms with E-state index in [-0.39, 0.29) is 18.9 Å². The third-order valence-electron chi connectivity index (χ3n) is 10.6. The maximum atomic E-state index is 12.4. The first-order valence-corrected chi connectivity index (χ1v) is 23.3. The van der Waals surface area contributed by atoms with Crippen LogP contribution in [-0.2, 0) is 4.79 Å². The van der Waals surface area contributed by atoms with Crippen LogP contribution < -0.4 is 5.32 Å². The first kappa shape index (κ1) is 51.6. The molecule has 0 aliphatic heterocycles. The quantitative estimate of drug-likeness (QED) is 0.0370. The lowest BCUT2D eigenvalue weighted by Crippen LogP contribution is -2.45. The monoisotopic (exact) mass is 746 g/mol. The fourth-order valence-corrected chi connectivity index (χ4v) is 7.06. The van der Waals surface area contributed by atoms with Crippen LogP contribution in [0.5, 0.6) is 0 Å². The van der Waals surface area contributed by atoms with Gasteiger partial charge < -0.3 is 20.6 Å². The van der Waals surface area contributed by atoms with E-state index < -0.39 is 18.2 Å². The highest BCUT2D eigenvalue weighted by atomic mass is 16.3. The molecule has 0 aliphatic rings. The van der Waals surface area contributed by atoms with Crippen molar-refractivity contribution >= 4 is 5.91 Å². The molecule has 53 heavy (non-hydrogen) atoms. The van der Waals surface area contributed by atoms with Gasteiger partial charge in [0.25, 0.3) is 0 Å². The van der Waals surface area contributed by atoms with Gasteiger partial charge in [0.1, 0.15) is 0 Å². The number of allylic oxidation sites excluding steroid dienone is 5. The second-order valence-electron chi connectivity index (χ2n) is 16.0. The maximum absolute atomic E-state index is 12.4. The van der Waals surface area contributed by atoms with Gasteiger partial charge >= 0.3 is 0 Å². The number of unbranched alkanes of at least 4 members (excludes halogenated alkanes) is 29. The van der Waals surface area contributed by atoms with Gasteiger partial charge in [-0.2, -0.15) is 0 Å². The molecule has 3 atom stereocenters. The zero-order valence-corrected chi connectivity index (χ0v) is 35.4. The van der Waals surface area contributed by atoms with Crippen molar-refractivity contribution in [2.75, 3.05) is 6.61 Å². The molecule has 0 bridgehead atoms. The molecule has 0 radical (unpaired) electrons. The van der Waals surface area contributed by atoms with Crippen LogP contribution in [-0.4, -0.2) is 46.1 Å². The summed E-state index contributed by atoms with van der Waals surface area (Å²) in [7, 11) is 0. The van der Waals surface area contributed by atoms with E-state index in [1.165, 1.54) is 167 Å². The third kappa shape index (κ3) is 40.1. The lowest BCUT2D eigenvalue weighted by atomic mass is 10.0. The zero-order chi connectivity index (χ0) is 38.7. The molecule has 4 N–H and O–H groups in total. The van der Waals surface area contributed by atoms with E-state index in [0.717, 1.165) is 44.9 Å². The molecule has 3 unspecified atom stereocenters. The van der Waals surface area contributed by atoms with E-state index in [4.69, 9.17) is 0 Å². The Morgan fingerprint density at radius 1 is 0.472 bits per heavy atom. The largest absolute Gasteiger partial charge is 0.394 e. The van der Waals surface area contributed by atoms with E-state index in [1.807, 2.05) is 6.08 Å². The standard InChI is InChI=1S/C48H91NO4/c1-3-5-7-9-11-13-15-17-19-21-22-23-24-25-26-28-30-32-34-36-38-40-42-47(52)46(44-50)49-48(53)43-45(51)41-39-37-35-33-31-29-27-20-18-16-14-12-10-8-6-4-2/h29,31-32,34,40,42,45-47,50-52H,3-28,30,33,35-39,41,43-44H2,1-2H3,(H,49,53)/b31-29-,34-32+,42-40+. The van der Waals surface area contributed by atoms with Crippen LogP contribution in [0.2, 0.25) is 0 Å². The topological polar surface area (TPSA) is 89.8 Å². The molecular formula is C48H91NO4. The first-order valence-electron chi connectivity index (χ1n) is 23.3. The summed E-state index contributed by atoms with van der Waals surface area (Å²) in [5.74, 6) is -0.333. The van der Waals surface area contributed by atoms with Gasteiger partial charge in [-0.25, -0.2) is 0 Å². The van der Waals surface area contributed by atoms with Gasteiger partial charge in [-0.15, -0.1) is 0 Å². The Balaban J connectivity index is 3.70. The molecule has 5 nitrogen and oxygen atoms in total. The highest BCUT2D eigenvalue weighted by Gasteiger charge is 2.20. The van der Waals surface area contributed by atoms with E-state index in [0.29, 0.717) is 6.42 Å². The molecule has 0 heterocycles.